The molecule has 0 aromatic heterocycles. The minimum atomic E-state index is -0.968. The van der Waals surface area contributed by atoms with E-state index in [2.05, 4.69) is 29.5 Å². The van der Waals surface area contributed by atoms with E-state index in [1.54, 1.807) is 24.3 Å². The van der Waals surface area contributed by atoms with Gasteiger partial charge in [-0.05, 0) is 41.8 Å². The second-order valence-electron chi connectivity index (χ2n) is 7.62. The van der Waals surface area contributed by atoms with E-state index < -0.39 is 29.8 Å². The molecule has 160 valence electrons. The van der Waals surface area contributed by atoms with Crippen LogP contribution in [-0.4, -0.2) is 41.4 Å². The number of rotatable bonds is 5. The van der Waals surface area contributed by atoms with Gasteiger partial charge in [0.25, 0.3) is 11.8 Å². The molecule has 4 rings (SSSR count). The lowest BCUT2D eigenvalue weighted by atomic mass is 10.0. The van der Waals surface area contributed by atoms with Gasteiger partial charge in [-0.25, -0.2) is 4.90 Å². The first kappa shape index (κ1) is 21.3. The first-order valence-corrected chi connectivity index (χ1v) is 10.4. The zero-order valence-electron chi connectivity index (χ0n) is 16.8. The van der Waals surface area contributed by atoms with Gasteiger partial charge in [0, 0.05) is 5.02 Å². The first-order valence-electron chi connectivity index (χ1n) is 9.66. The number of benzene rings is 2. The summed E-state index contributed by atoms with van der Waals surface area (Å²) in [7, 11) is 0. The van der Waals surface area contributed by atoms with E-state index in [9.17, 15) is 14.4 Å². The molecule has 0 spiro atoms. The Hall–Kier alpha value is -2.97. The molecule has 0 unspecified atom stereocenters. The van der Waals surface area contributed by atoms with Crippen molar-refractivity contribution in [3.63, 3.8) is 0 Å². The lowest BCUT2D eigenvalue weighted by molar-refractivity contribution is -0.123. The van der Waals surface area contributed by atoms with Crippen LogP contribution in [0.25, 0.3) is 0 Å². The Morgan fingerprint density at radius 3 is 2.45 bits per heavy atom. The van der Waals surface area contributed by atoms with Crippen LogP contribution in [-0.2, 0) is 14.4 Å². The molecule has 3 amide bonds. The van der Waals surface area contributed by atoms with Crippen molar-refractivity contribution in [1.82, 2.24) is 5.01 Å². The van der Waals surface area contributed by atoms with Gasteiger partial charge >= 0.3 is 0 Å². The monoisotopic (exact) mass is 459 g/mol. The number of fused-ring (bicyclic) bond motifs is 1. The van der Waals surface area contributed by atoms with Crippen LogP contribution in [0.1, 0.15) is 25.3 Å². The summed E-state index contributed by atoms with van der Waals surface area (Å²) in [4.78, 5) is 39.4. The maximum Gasteiger partial charge on any atom is 0.263 e. The highest BCUT2D eigenvalue weighted by molar-refractivity contribution is 6.36. The lowest BCUT2D eigenvalue weighted by Crippen LogP contribution is -2.43. The van der Waals surface area contributed by atoms with Gasteiger partial charge in [0.15, 0.2) is 12.1 Å². The van der Waals surface area contributed by atoms with Gasteiger partial charge in [-0.3, -0.25) is 19.4 Å². The van der Waals surface area contributed by atoms with E-state index in [0.717, 1.165) is 10.5 Å². The Labute approximate surface area is 188 Å². The predicted molar refractivity (Wildman–Crippen MR) is 117 cm³/mol. The van der Waals surface area contributed by atoms with Crippen molar-refractivity contribution in [2.75, 3.05) is 16.8 Å². The number of halogens is 2. The SMILES string of the molecule is CC(C)c1ccc(N2C(=O)[C@@H]3N=NN(CC(=O)Nc4ccc(Cl)cc4Cl)[C@H]3C2=O)cc1. The fourth-order valence-electron chi connectivity index (χ4n) is 3.54. The molecule has 2 aromatic carbocycles. The minimum Gasteiger partial charge on any atom is -0.323 e. The summed E-state index contributed by atoms with van der Waals surface area (Å²) in [6, 6.07) is 10.00. The van der Waals surface area contributed by atoms with Crippen molar-refractivity contribution in [3.05, 3.63) is 58.1 Å². The molecule has 0 radical (unpaired) electrons. The highest BCUT2D eigenvalue weighted by atomic mass is 35.5. The zero-order chi connectivity index (χ0) is 22.3. The lowest BCUT2D eigenvalue weighted by Gasteiger charge is -2.20. The van der Waals surface area contributed by atoms with Crippen molar-refractivity contribution in [2.24, 2.45) is 10.3 Å². The smallest absolute Gasteiger partial charge is 0.263 e. The van der Waals surface area contributed by atoms with Crippen molar-refractivity contribution < 1.29 is 14.4 Å². The van der Waals surface area contributed by atoms with Gasteiger partial charge < -0.3 is 5.32 Å². The largest absolute Gasteiger partial charge is 0.323 e. The molecular formula is C21H19Cl2N5O3. The van der Waals surface area contributed by atoms with Crippen LogP contribution in [0.5, 0.6) is 0 Å². The van der Waals surface area contributed by atoms with Gasteiger partial charge in [0.2, 0.25) is 5.91 Å². The number of amides is 3. The molecule has 0 bridgehead atoms. The van der Waals surface area contributed by atoms with Gasteiger partial charge in [-0.1, -0.05) is 54.4 Å². The zero-order valence-corrected chi connectivity index (χ0v) is 18.3. The van der Waals surface area contributed by atoms with Crippen LogP contribution >= 0.6 is 23.2 Å². The molecule has 31 heavy (non-hydrogen) atoms. The molecule has 2 aliphatic rings. The Bertz CT molecular complexity index is 1090. The third-order valence-corrected chi connectivity index (χ3v) is 5.73. The van der Waals surface area contributed by atoms with Crippen LogP contribution in [0.4, 0.5) is 11.4 Å². The van der Waals surface area contributed by atoms with E-state index in [0.29, 0.717) is 22.3 Å². The number of carbonyl (C=O) groups is 3. The summed E-state index contributed by atoms with van der Waals surface area (Å²) >= 11 is 11.9. The molecule has 0 aliphatic carbocycles. The second-order valence-corrected chi connectivity index (χ2v) is 8.47. The number of anilines is 2. The Morgan fingerprint density at radius 2 is 1.81 bits per heavy atom. The van der Waals surface area contributed by atoms with Gasteiger partial charge in [0.1, 0.15) is 6.54 Å². The normalized spacial score (nSPS) is 20.0. The average Bonchev–Trinajstić information content (AvgIpc) is 3.24. The molecule has 8 nitrogen and oxygen atoms in total. The quantitative estimate of drug-likeness (QED) is 0.682. The van der Waals surface area contributed by atoms with E-state index in [1.807, 2.05) is 12.1 Å². The van der Waals surface area contributed by atoms with Crippen molar-refractivity contribution >= 4 is 52.3 Å². The van der Waals surface area contributed by atoms with Crippen LogP contribution in [0.15, 0.2) is 52.8 Å². The van der Waals surface area contributed by atoms with E-state index in [-0.39, 0.29) is 11.6 Å². The van der Waals surface area contributed by atoms with Crippen LogP contribution in [0, 0.1) is 0 Å². The highest BCUT2D eigenvalue weighted by Crippen LogP contribution is 2.32. The summed E-state index contributed by atoms with van der Waals surface area (Å²) in [5.74, 6) is -1.05. The molecule has 2 aliphatic heterocycles. The summed E-state index contributed by atoms with van der Waals surface area (Å²) in [6.45, 7) is 3.86. The van der Waals surface area contributed by atoms with Crippen molar-refractivity contribution in [2.45, 2.75) is 31.8 Å². The summed E-state index contributed by atoms with van der Waals surface area (Å²) in [5, 5.41) is 12.4. The van der Waals surface area contributed by atoms with E-state index >= 15 is 0 Å². The molecule has 2 aromatic rings. The van der Waals surface area contributed by atoms with Crippen molar-refractivity contribution in [1.29, 1.82) is 0 Å². The minimum absolute atomic E-state index is 0.261. The topological polar surface area (TPSA) is 94.4 Å². The first-order chi connectivity index (χ1) is 14.8. The van der Waals surface area contributed by atoms with Crippen LogP contribution in [0.2, 0.25) is 10.0 Å². The van der Waals surface area contributed by atoms with Crippen molar-refractivity contribution in [3.8, 4) is 0 Å². The predicted octanol–water partition coefficient (Wildman–Crippen LogP) is 4.05. The maximum atomic E-state index is 13.0. The molecular weight excluding hydrogens is 441 g/mol. The van der Waals surface area contributed by atoms with Gasteiger partial charge in [-0.15, -0.1) is 0 Å². The summed E-state index contributed by atoms with van der Waals surface area (Å²) in [6.07, 6.45) is 0. The average molecular weight is 460 g/mol. The van der Waals surface area contributed by atoms with Gasteiger partial charge in [-0.2, -0.15) is 5.11 Å². The molecule has 1 saturated heterocycles. The third-order valence-electron chi connectivity index (χ3n) is 5.19. The standard InChI is InChI=1S/C21H19Cl2N5O3/c1-11(2)12-3-6-14(7-4-12)28-20(30)18-19(21(28)31)27(26-25-18)10-17(29)24-16-8-5-13(22)9-15(16)23/h3-9,11,18-19H,10H2,1-2H3,(H,24,29)/t18-,19-/m1/s1. The fraction of sp³-hybridized carbons (Fsp3) is 0.286. The number of nitrogens with one attached hydrogen (secondary N) is 1. The molecule has 10 heteroatoms. The molecule has 2 heterocycles. The Morgan fingerprint density at radius 1 is 1.10 bits per heavy atom. The molecule has 2 atom stereocenters. The number of imide groups is 1. The Balaban J connectivity index is 1.48. The molecule has 1 fully saturated rings. The number of hydrogen-bond acceptors (Lipinski definition) is 6. The van der Waals surface area contributed by atoms with E-state index in [1.165, 1.54) is 11.1 Å². The number of hydrogen-bond donors (Lipinski definition) is 1. The fourth-order valence-corrected chi connectivity index (χ4v) is 4.00. The molecule has 1 N–H and O–H groups in total. The number of carbonyl (C=O) groups excluding carboxylic acids is 3. The van der Waals surface area contributed by atoms with E-state index in [4.69, 9.17) is 23.2 Å². The van der Waals surface area contributed by atoms with Crippen LogP contribution < -0.4 is 10.2 Å². The number of nitrogens with zero attached hydrogens (tertiary/aromatic N) is 4. The van der Waals surface area contributed by atoms with Gasteiger partial charge in [0.05, 0.1) is 16.4 Å². The Kier molecular flexibility index (Phi) is 5.68. The summed E-state index contributed by atoms with van der Waals surface area (Å²) < 4.78 is 0. The maximum absolute atomic E-state index is 13.0. The summed E-state index contributed by atoms with van der Waals surface area (Å²) in [5.41, 5.74) is 1.95. The third kappa shape index (κ3) is 4.00. The molecule has 0 saturated carbocycles. The highest BCUT2D eigenvalue weighted by Gasteiger charge is 2.55. The van der Waals surface area contributed by atoms with Crippen LogP contribution in [0.3, 0.4) is 0 Å². The second kappa shape index (κ2) is 8.28.